The number of rotatable bonds is 7. The van der Waals surface area contributed by atoms with E-state index in [0.717, 1.165) is 22.6 Å². The zero-order valence-corrected chi connectivity index (χ0v) is 22.7. The van der Waals surface area contributed by atoms with Gasteiger partial charge >= 0.3 is 0 Å². The van der Waals surface area contributed by atoms with Crippen LogP contribution in [0.3, 0.4) is 0 Å². The predicted octanol–water partition coefficient (Wildman–Crippen LogP) is 5.14. The molecule has 0 bridgehead atoms. The standard InChI is InChI=1S/C32H32FN5O2/c1-23-12-14-26(15-13-23)29-16-17-30(35-34-29)36-18-20-37(21-19-36)31(39)22-38(24(2)25-8-4-3-5-9-25)32(40)27-10-6-7-11-28(27)33/h3-17,24H,18-22H2,1-2H3/t24-/m1/s1. The van der Waals surface area contributed by atoms with Crippen LogP contribution >= 0.6 is 0 Å². The zero-order chi connectivity index (χ0) is 28.1. The number of hydrogen-bond donors (Lipinski definition) is 0. The topological polar surface area (TPSA) is 69.6 Å². The minimum atomic E-state index is -0.603. The van der Waals surface area contributed by atoms with Crippen molar-refractivity contribution in [2.24, 2.45) is 0 Å². The number of piperazine rings is 1. The molecule has 0 saturated carbocycles. The van der Waals surface area contributed by atoms with E-state index in [1.54, 1.807) is 17.0 Å². The minimum Gasteiger partial charge on any atom is -0.352 e. The minimum absolute atomic E-state index is 0.0458. The van der Waals surface area contributed by atoms with Crippen molar-refractivity contribution in [2.45, 2.75) is 19.9 Å². The molecule has 4 aromatic rings. The second kappa shape index (κ2) is 12.1. The quantitative estimate of drug-likeness (QED) is 0.326. The van der Waals surface area contributed by atoms with E-state index in [0.29, 0.717) is 26.2 Å². The van der Waals surface area contributed by atoms with Crippen molar-refractivity contribution >= 4 is 17.6 Å². The van der Waals surface area contributed by atoms with E-state index in [-0.39, 0.29) is 18.0 Å². The third kappa shape index (κ3) is 6.01. The van der Waals surface area contributed by atoms with Gasteiger partial charge in [0.2, 0.25) is 5.91 Å². The first-order valence-electron chi connectivity index (χ1n) is 13.4. The number of benzene rings is 3. The Bertz CT molecular complexity index is 1450. The summed E-state index contributed by atoms with van der Waals surface area (Å²) in [5.41, 5.74) is 3.84. The summed E-state index contributed by atoms with van der Waals surface area (Å²) in [6, 6.07) is 27.0. The van der Waals surface area contributed by atoms with Crippen LogP contribution in [-0.4, -0.2) is 64.5 Å². The van der Waals surface area contributed by atoms with Crippen LogP contribution in [-0.2, 0) is 4.79 Å². The normalized spacial score (nSPS) is 14.1. The van der Waals surface area contributed by atoms with Gasteiger partial charge in [0.15, 0.2) is 5.82 Å². The number of aromatic nitrogens is 2. The molecule has 1 atom stereocenters. The average Bonchev–Trinajstić information content (AvgIpc) is 3.00. The van der Waals surface area contributed by atoms with E-state index in [1.165, 1.54) is 22.6 Å². The van der Waals surface area contributed by atoms with Gasteiger partial charge in [-0.1, -0.05) is 72.3 Å². The molecule has 0 aliphatic carbocycles. The molecule has 1 aliphatic heterocycles. The molecule has 204 valence electrons. The van der Waals surface area contributed by atoms with Gasteiger partial charge in [-0.2, -0.15) is 0 Å². The molecular weight excluding hydrogens is 505 g/mol. The fraction of sp³-hybridized carbons (Fsp3) is 0.250. The lowest BCUT2D eigenvalue weighted by Gasteiger charge is -2.37. The van der Waals surface area contributed by atoms with Crippen molar-refractivity contribution in [3.05, 3.63) is 114 Å². The van der Waals surface area contributed by atoms with Crippen molar-refractivity contribution < 1.29 is 14.0 Å². The molecule has 3 aromatic carbocycles. The van der Waals surface area contributed by atoms with Gasteiger partial charge in [-0.25, -0.2) is 4.39 Å². The summed E-state index contributed by atoms with van der Waals surface area (Å²) in [5, 5.41) is 8.83. The van der Waals surface area contributed by atoms with E-state index in [1.807, 2.05) is 80.6 Å². The zero-order valence-electron chi connectivity index (χ0n) is 22.7. The molecule has 1 fully saturated rings. The number of anilines is 1. The Labute approximate surface area is 233 Å². The van der Waals surface area contributed by atoms with Crippen molar-refractivity contribution in [1.82, 2.24) is 20.0 Å². The van der Waals surface area contributed by atoms with E-state index in [2.05, 4.69) is 15.1 Å². The Kier molecular flexibility index (Phi) is 8.15. The number of carbonyl (C=O) groups is 2. The summed E-state index contributed by atoms with van der Waals surface area (Å²) < 4.78 is 14.5. The highest BCUT2D eigenvalue weighted by atomic mass is 19.1. The van der Waals surface area contributed by atoms with Crippen LogP contribution in [0.1, 0.15) is 34.5 Å². The first-order valence-corrected chi connectivity index (χ1v) is 13.4. The summed E-state index contributed by atoms with van der Waals surface area (Å²) in [6.07, 6.45) is 0. The molecule has 0 radical (unpaired) electrons. The molecule has 2 amide bonds. The maximum absolute atomic E-state index is 14.5. The number of hydrogen-bond acceptors (Lipinski definition) is 5. The van der Waals surface area contributed by atoms with Gasteiger partial charge in [0, 0.05) is 31.7 Å². The Morgan fingerprint density at radius 3 is 2.17 bits per heavy atom. The van der Waals surface area contributed by atoms with Crippen LogP contribution in [0.5, 0.6) is 0 Å². The second-order valence-electron chi connectivity index (χ2n) is 10.0. The number of amides is 2. The predicted molar refractivity (Wildman–Crippen MR) is 153 cm³/mol. The molecule has 0 spiro atoms. The third-order valence-electron chi connectivity index (χ3n) is 7.37. The summed E-state index contributed by atoms with van der Waals surface area (Å²) in [7, 11) is 0. The van der Waals surface area contributed by atoms with Gasteiger partial charge in [0.25, 0.3) is 5.91 Å². The molecule has 0 N–H and O–H groups in total. The van der Waals surface area contributed by atoms with Crippen molar-refractivity contribution in [3.8, 4) is 11.3 Å². The SMILES string of the molecule is Cc1ccc(-c2ccc(N3CCN(C(=O)CN(C(=O)c4ccccc4F)[C@H](C)c4ccccc4)CC3)nn2)cc1. The molecular formula is C32H32FN5O2. The lowest BCUT2D eigenvalue weighted by molar-refractivity contribution is -0.132. The molecule has 0 unspecified atom stereocenters. The van der Waals surface area contributed by atoms with Crippen LogP contribution in [0.25, 0.3) is 11.3 Å². The molecule has 1 saturated heterocycles. The number of aryl methyl sites for hydroxylation is 1. The molecule has 8 heteroatoms. The summed E-state index contributed by atoms with van der Waals surface area (Å²) in [4.78, 5) is 32.2. The Balaban J connectivity index is 1.25. The van der Waals surface area contributed by atoms with Crippen molar-refractivity contribution in [2.75, 3.05) is 37.6 Å². The van der Waals surface area contributed by atoms with Gasteiger partial charge in [-0.15, -0.1) is 10.2 Å². The molecule has 1 aromatic heterocycles. The second-order valence-corrected chi connectivity index (χ2v) is 10.0. The van der Waals surface area contributed by atoms with Crippen LogP contribution in [0, 0.1) is 12.7 Å². The Morgan fingerprint density at radius 1 is 0.850 bits per heavy atom. The van der Waals surface area contributed by atoms with Crippen LogP contribution in [0.4, 0.5) is 10.2 Å². The Hall–Kier alpha value is -4.59. The van der Waals surface area contributed by atoms with Gasteiger partial charge in [-0.05, 0) is 43.7 Å². The fourth-order valence-corrected chi connectivity index (χ4v) is 4.89. The number of halogens is 1. The highest BCUT2D eigenvalue weighted by Gasteiger charge is 2.30. The van der Waals surface area contributed by atoms with Gasteiger partial charge < -0.3 is 14.7 Å². The average molecular weight is 538 g/mol. The monoisotopic (exact) mass is 537 g/mol. The maximum Gasteiger partial charge on any atom is 0.257 e. The highest BCUT2D eigenvalue weighted by Crippen LogP contribution is 2.24. The van der Waals surface area contributed by atoms with Crippen molar-refractivity contribution in [1.29, 1.82) is 0 Å². The lowest BCUT2D eigenvalue weighted by Crippen LogP contribution is -2.52. The molecule has 1 aliphatic rings. The molecule has 2 heterocycles. The first kappa shape index (κ1) is 27.0. The summed E-state index contributed by atoms with van der Waals surface area (Å²) in [6.45, 7) is 5.93. The highest BCUT2D eigenvalue weighted by molar-refractivity contribution is 5.97. The summed E-state index contributed by atoms with van der Waals surface area (Å²) in [5.74, 6) is -0.524. The van der Waals surface area contributed by atoms with E-state index < -0.39 is 17.8 Å². The van der Waals surface area contributed by atoms with Crippen LogP contribution in [0.2, 0.25) is 0 Å². The van der Waals surface area contributed by atoms with Crippen molar-refractivity contribution in [3.63, 3.8) is 0 Å². The van der Waals surface area contributed by atoms with Gasteiger partial charge in [0.05, 0.1) is 17.3 Å². The van der Waals surface area contributed by atoms with E-state index in [4.69, 9.17) is 0 Å². The lowest BCUT2D eigenvalue weighted by atomic mass is 10.0. The van der Waals surface area contributed by atoms with Gasteiger partial charge in [-0.3, -0.25) is 9.59 Å². The van der Waals surface area contributed by atoms with Crippen LogP contribution in [0.15, 0.2) is 91.0 Å². The largest absolute Gasteiger partial charge is 0.352 e. The maximum atomic E-state index is 14.5. The van der Waals surface area contributed by atoms with E-state index >= 15 is 0 Å². The smallest absolute Gasteiger partial charge is 0.257 e. The van der Waals surface area contributed by atoms with Gasteiger partial charge in [0.1, 0.15) is 12.4 Å². The molecule has 7 nitrogen and oxygen atoms in total. The third-order valence-corrected chi connectivity index (χ3v) is 7.37. The number of nitrogens with zero attached hydrogens (tertiary/aromatic N) is 5. The van der Waals surface area contributed by atoms with E-state index in [9.17, 15) is 14.0 Å². The first-order chi connectivity index (χ1) is 19.4. The van der Waals surface area contributed by atoms with Crippen LogP contribution < -0.4 is 4.90 Å². The summed E-state index contributed by atoms with van der Waals surface area (Å²) >= 11 is 0. The number of carbonyl (C=O) groups excluding carboxylic acids is 2. The Morgan fingerprint density at radius 2 is 1.52 bits per heavy atom. The molecule has 5 rings (SSSR count). The fourth-order valence-electron chi connectivity index (χ4n) is 4.89. The molecule has 40 heavy (non-hydrogen) atoms.